The lowest BCUT2D eigenvalue weighted by atomic mass is 9.81. The molecule has 1 unspecified atom stereocenters. The highest BCUT2D eigenvalue weighted by Gasteiger charge is 2.39. The molecule has 0 radical (unpaired) electrons. The minimum Gasteiger partial charge on any atom is -0.355 e. The second-order valence-corrected chi connectivity index (χ2v) is 5.08. The third kappa shape index (κ3) is 2.23. The molecular weight excluding hydrogens is 226 g/mol. The third-order valence-corrected chi connectivity index (χ3v) is 3.85. The molecule has 0 aromatic carbocycles. The summed E-state index contributed by atoms with van der Waals surface area (Å²) in [4.78, 5) is 0. The van der Waals surface area contributed by atoms with Crippen molar-refractivity contribution in [2.75, 3.05) is 25.0 Å². The van der Waals surface area contributed by atoms with Gasteiger partial charge in [-0.1, -0.05) is 13.3 Å². The van der Waals surface area contributed by atoms with E-state index in [0.29, 0.717) is 0 Å². The molecule has 1 fully saturated rings. The summed E-state index contributed by atoms with van der Waals surface area (Å²) in [6.07, 6.45) is 3.55. The molecule has 1 atom stereocenters. The Morgan fingerprint density at radius 1 is 1.33 bits per heavy atom. The van der Waals surface area contributed by atoms with Crippen LogP contribution in [0.15, 0.2) is 0 Å². The molecule has 1 saturated heterocycles. The quantitative estimate of drug-likeness (QED) is 0.809. The molecule has 5 nitrogen and oxygen atoms in total. The summed E-state index contributed by atoms with van der Waals surface area (Å²) in [6, 6.07) is 0. The van der Waals surface area contributed by atoms with E-state index in [4.69, 9.17) is 0 Å². The standard InChI is InChI=1S/C13H25N5/c1-4-7-13(8-9-14-10-13)11-16-17-12(15-5-2)18(11)6-3/h14H,4-10H2,1-3H3,(H,15,17). The molecule has 18 heavy (non-hydrogen) atoms. The average molecular weight is 251 g/mol. The lowest BCUT2D eigenvalue weighted by Gasteiger charge is -2.27. The Morgan fingerprint density at radius 2 is 2.17 bits per heavy atom. The highest BCUT2D eigenvalue weighted by Crippen LogP contribution is 2.35. The Labute approximate surface area is 109 Å². The van der Waals surface area contributed by atoms with Crippen molar-refractivity contribution in [2.45, 2.75) is 52.0 Å². The van der Waals surface area contributed by atoms with E-state index in [1.54, 1.807) is 0 Å². The van der Waals surface area contributed by atoms with Gasteiger partial charge in [0.25, 0.3) is 0 Å². The van der Waals surface area contributed by atoms with Crippen LogP contribution in [0.2, 0.25) is 0 Å². The van der Waals surface area contributed by atoms with Crippen molar-refractivity contribution in [2.24, 2.45) is 0 Å². The van der Waals surface area contributed by atoms with Crippen LogP contribution < -0.4 is 10.6 Å². The molecule has 102 valence electrons. The van der Waals surface area contributed by atoms with Crippen molar-refractivity contribution in [3.8, 4) is 0 Å². The molecule has 0 spiro atoms. The van der Waals surface area contributed by atoms with Crippen molar-refractivity contribution >= 4 is 5.95 Å². The van der Waals surface area contributed by atoms with Crippen LogP contribution in [0, 0.1) is 0 Å². The van der Waals surface area contributed by atoms with E-state index in [1.807, 2.05) is 0 Å². The SMILES string of the molecule is CCCC1(c2nnc(NCC)n2CC)CCNC1. The first kappa shape index (κ1) is 13.3. The molecule has 0 bridgehead atoms. The molecule has 1 aliphatic rings. The molecule has 0 amide bonds. The van der Waals surface area contributed by atoms with Crippen molar-refractivity contribution in [3.05, 3.63) is 5.82 Å². The second kappa shape index (κ2) is 5.69. The fraction of sp³-hybridized carbons (Fsp3) is 0.846. The highest BCUT2D eigenvalue weighted by molar-refractivity contribution is 5.29. The lowest BCUT2D eigenvalue weighted by molar-refractivity contribution is 0.384. The van der Waals surface area contributed by atoms with Crippen LogP contribution in [0.3, 0.4) is 0 Å². The van der Waals surface area contributed by atoms with Gasteiger partial charge in [-0.2, -0.15) is 0 Å². The fourth-order valence-corrected chi connectivity index (χ4v) is 3.02. The minimum atomic E-state index is 0.186. The first-order valence-electron chi connectivity index (χ1n) is 7.15. The topological polar surface area (TPSA) is 54.8 Å². The van der Waals surface area contributed by atoms with Crippen LogP contribution >= 0.6 is 0 Å². The van der Waals surface area contributed by atoms with Crippen molar-refractivity contribution in [1.82, 2.24) is 20.1 Å². The molecule has 5 heteroatoms. The largest absolute Gasteiger partial charge is 0.355 e. The van der Waals surface area contributed by atoms with Gasteiger partial charge in [0.15, 0.2) is 0 Å². The van der Waals surface area contributed by atoms with E-state index < -0.39 is 0 Å². The third-order valence-electron chi connectivity index (χ3n) is 3.85. The Balaban J connectivity index is 2.35. The van der Waals surface area contributed by atoms with Crippen LogP contribution in [-0.4, -0.2) is 34.4 Å². The maximum atomic E-state index is 4.49. The highest BCUT2D eigenvalue weighted by atomic mass is 15.4. The number of nitrogens with one attached hydrogen (secondary N) is 2. The number of rotatable bonds is 6. The Bertz CT molecular complexity index is 379. The van der Waals surface area contributed by atoms with Crippen molar-refractivity contribution < 1.29 is 0 Å². The molecule has 2 heterocycles. The molecule has 2 N–H and O–H groups in total. The maximum absolute atomic E-state index is 4.49. The number of nitrogens with zero attached hydrogens (tertiary/aromatic N) is 3. The van der Waals surface area contributed by atoms with Gasteiger partial charge < -0.3 is 10.6 Å². The van der Waals surface area contributed by atoms with E-state index in [1.165, 1.54) is 19.3 Å². The molecule has 2 rings (SSSR count). The van der Waals surface area contributed by atoms with E-state index in [-0.39, 0.29) is 5.41 Å². The Kier molecular flexibility index (Phi) is 4.22. The van der Waals surface area contributed by atoms with Gasteiger partial charge in [-0.15, -0.1) is 10.2 Å². The zero-order valence-electron chi connectivity index (χ0n) is 11.8. The first-order valence-corrected chi connectivity index (χ1v) is 7.15. The fourth-order valence-electron chi connectivity index (χ4n) is 3.02. The summed E-state index contributed by atoms with van der Waals surface area (Å²) < 4.78 is 2.24. The van der Waals surface area contributed by atoms with Crippen molar-refractivity contribution in [3.63, 3.8) is 0 Å². The van der Waals surface area contributed by atoms with E-state index in [2.05, 4.69) is 46.2 Å². The Morgan fingerprint density at radius 3 is 2.72 bits per heavy atom. The average Bonchev–Trinajstić information content (AvgIpc) is 2.97. The van der Waals surface area contributed by atoms with E-state index in [0.717, 1.165) is 38.0 Å². The predicted molar refractivity (Wildman–Crippen MR) is 73.9 cm³/mol. The summed E-state index contributed by atoms with van der Waals surface area (Å²) in [5.41, 5.74) is 0.186. The molecule has 1 aliphatic heterocycles. The number of hydrogen-bond donors (Lipinski definition) is 2. The van der Waals surface area contributed by atoms with Gasteiger partial charge >= 0.3 is 0 Å². The zero-order chi connectivity index (χ0) is 13.0. The summed E-state index contributed by atoms with van der Waals surface area (Å²) in [5, 5.41) is 15.6. The van der Waals surface area contributed by atoms with Gasteiger partial charge in [0.05, 0.1) is 0 Å². The zero-order valence-corrected chi connectivity index (χ0v) is 11.8. The number of aromatic nitrogens is 3. The number of anilines is 1. The van der Waals surface area contributed by atoms with Crippen LogP contribution in [-0.2, 0) is 12.0 Å². The van der Waals surface area contributed by atoms with Gasteiger partial charge in [-0.05, 0) is 33.2 Å². The monoisotopic (exact) mass is 251 g/mol. The molecular formula is C13H25N5. The molecule has 0 aliphatic carbocycles. The first-order chi connectivity index (χ1) is 8.77. The predicted octanol–water partition coefficient (Wildman–Crippen LogP) is 1.76. The van der Waals surface area contributed by atoms with Gasteiger partial charge in [0.2, 0.25) is 5.95 Å². The second-order valence-electron chi connectivity index (χ2n) is 5.08. The normalized spacial score (nSPS) is 23.5. The minimum absolute atomic E-state index is 0.186. The van der Waals surface area contributed by atoms with Crippen LogP contribution in [0.25, 0.3) is 0 Å². The number of hydrogen-bond acceptors (Lipinski definition) is 4. The van der Waals surface area contributed by atoms with Gasteiger partial charge in [-0.3, -0.25) is 4.57 Å². The smallest absolute Gasteiger partial charge is 0.224 e. The van der Waals surface area contributed by atoms with Gasteiger partial charge in [0, 0.05) is 25.0 Å². The molecule has 1 aromatic rings. The maximum Gasteiger partial charge on any atom is 0.224 e. The summed E-state index contributed by atoms with van der Waals surface area (Å²) >= 11 is 0. The van der Waals surface area contributed by atoms with E-state index in [9.17, 15) is 0 Å². The molecule has 1 aromatic heterocycles. The lowest BCUT2D eigenvalue weighted by Crippen LogP contribution is -2.32. The van der Waals surface area contributed by atoms with Crippen LogP contribution in [0.4, 0.5) is 5.95 Å². The van der Waals surface area contributed by atoms with E-state index >= 15 is 0 Å². The van der Waals surface area contributed by atoms with Crippen LogP contribution in [0.1, 0.15) is 45.9 Å². The van der Waals surface area contributed by atoms with Gasteiger partial charge in [-0.25, -0.2) is 0 Å². The van der Waals surface area contributed by atoms with Gasteiger partial charge in [0.1, 0.15) is 5.82 Å². The summed E-state index contributed by atoms with van der Waals surface area (Å²) in [5.74, 6) is 2.07. The molecule has 0 saturated carbocycles. The summed E-state index contributed by atoms with van der Waals surface area (Å²) in [6.45, 7) is 10.4. The summed E-state index contributed by atoms with van der Waals surface area (Å²) in [7, 11) is 0. The Hall–Kier alpha value is -1.10. The van der Waals surface area contributed by atoms with Crippen LogP contribution in [0.5, 0.6) is 0 Å². The van der Waals surface area contributed by atoms with Crippen molar-refractivity contribution in [1.29, 1.82) is 0 Å².